The molecule has 0 amide bonds. The minimum atomic E-state index is -1.10. The van der Waals surface area contributed by atoms with Crippen molar-refractivity contribution in [2.24, 2.45) is 5.41 Å². The molecule has 0 unspecified atom stereocenters. The molecular weight excluding hydrogens is 346 g/mol. The summed E-state index contributed by atoms with van der Waals surface area (Å²) in [5.41, 5.74) is 1.82. The molecular formula is C20H27N3O4. The molecule has 0 spiro atoms. The molecule has 3 rings (SSSR count). The van der Waals surface area contributed by atoms with Crippen molar-refractivity contribution >= 4 is 5.97 Å². The Labute approximate surface area is 159 Å². The first-order valence-electron chi connectivity index (χ1n) is 9.30. The van der Waals surface area contributed by atoms with Crippen LogP contribution in [-0.4, -0.2) is 57.6 Å². The summed E-state index contributed by atoms with van der Waals surface area (Å²) in [4.78, 5) is 14.1. The van der Waals surface area contributed by atoms with Crippen molar-refractivity contribution in [3.63, 3.8) is 0 Å². The smallest absolute Gasteiger partial charge is 0.313 e. The number of aromatic amines is 1. The molecule has 0 bridgehead atoms. The van der Waals surface area contributed by atoms with Gasteiger partial charge in [0.15, 0.2) is 0 Å². The van der Waals surface area contributed by atoms with Crippen LogP contribution in [0.15, 0.2) is 30.5 Å². The van der Waals surface area contributed by atoms with Crippen LogP contribution in [0.1, 0.15) is 31.7 Å². The van der Waals surface area contributed by atoms with Crippen molar-refractivity contribution in [2.75, 3.05) is 20.2 Å². The van der Waals surface area contributed by atoms with E-state index in [4.69, 9.17) is 4.74 Å². The lowest BCUT2D eigenvalue weighted by atomic mass is 9.74. The van der Waals surface area contributed by atoms with Crippen molar-refractivity contribution in [1.29, 1.82) is 0 Å². The molecule has 146 valence electrons. The molecule has 1 aromatic carbocycles. The summed E-state index contributed by atoms with van der Waals surface area (Å²) in [5.74, 6) is -0.125. The highest BCUT2D eigenvalue weighted by Crippen LogP contribution is 2.36. The maximum Gasteiger partial charge on any atom is 0.313 e. The van der Waals surface area contributed by atoms with E-state index in [0.717, 1.165) is 29.0 Å². The number of carboxylic acid groups (broad SMARTS) is 1. The molecule has 27 heavy (non-hydrogen) atoms. The molecule has 0 saturated carbocycles. The monoisotopic (exact) mass is 373 g/mol. The normalized spacial score (nSPS) is 23.3. The number of ether oxygens (including phenoxy) is 1. The van der Waals surface area contributed by atoms with Gasteiger partial charge in [0.05, 0.1) is 25.1 Å². The van der Waals surface area contributed by atoms with E-state index in [1.54, 1.807) is 13.3 Å². The van der Waals surface area contributed by atoms with Crippen molar-refractivity contribution < 1.29 is 19.7 Å². The van der Waals surface area contributed by atoms with E-state index in [0.29, 0.717) is 32.5 Å². The third-order valence-corrected chi connectivity index (χ3v) is 5.47. The molecule has 2 atom stereocenters. The second-order valence-corrected chi connectivity index (χ2v) is 7.23. The van der Waals surface area contributed by atoms with Crippen LogP contribution in [-0.2, 0) is 11.3 Å². The molecule has 0 radical (unpaired) electrons. The Morgan fingerprint density at radius 1 is 1.41 bits per heavy atom. The number of aromatic nitrogens is 2. The minimum absolute atomic E-state index is 0.338. The highest BCUT2D eigenvalue weighted by atomic mass is 16.5. The molecule has 1 saturated heterocycles. The van der Waals surface area contributed by atoms with E-state index in [-0.39, 0.29) is 0 Å². The predicted molar refractivity (Wildman–Crippen MR) is 101 cm³/mol. The Balaban J connectivity index is 1.79. The van der Waals surface area contributed by atoms with E-state index in [1.807, 2.05) is 31.2 Å². The van der Waals surface area contributed by atoms with E-state index in [9.17, 15) is 15.0 Å². The number of likely N-dealkylation sites (tertiary alicyclic amines) is 1. The van der Waals surface area contributed by atoms with Crippen LogP contribution in [0, 0.1) is 5.41 Å². The fourth-order valence-electron chi connectivity index (χ4n) is 3.99. The van der Waals surface area contributed by atoms with E-state index in [2.05, 4.69) is 15.1 Å². The maximum absolute atomic E-state index is 12.0. The second kappa shape index (κ2) is 8.10. The van der Waals surface area contributed by atoms with Gasteiger partial charge in [0.2, 0.25) is 0 Å². The number of carboxylic acids is 1. The fourth-order valence-corrected chi connectivity index (χ4v) is 3.99. The molecule has 1 aromatic heterocycles. The first-order chi connectivity index (χ1) is 13.0. The fraction of sp³-hybridized carbons (Fsp3) is 0.500. The van der Waals surface area contributed by atoms with Gasteiger partial charge in [-0.1, -0.05) is 13.3 Å². The van der Waals surface area contributed by atoms with Gasteiger partial charge in [0.1, 0.15) is 11.2 Å². The standard InChI is InChI=1S/C20H27N3O4/c1-3-9-20(19(25)26)13-23(10-8-17(20)24)12-15-11-21-22-18(15)14-4-6-16(27-2)7-5-14/h4-7,11,17,24H,3,8-10,12-13H2,1-2H3,(H,21,22)(H,25,26)/t17-,20+/m0/s1. The number of hydrogen-bond donors (Lipinski definition) is 3. The van der Waals surface area contributed by atoms with E-state index in [1.165, 1.54) is 0 Å². The summed E-state index contributed by atoms with van der Waals surface area (Å²) < 4.78 is 5.20. The lowest BCUT2D eigenvalue weighted by molar-refractivity contribution is -0.164. The van der Waals surface area contributed by atoms with Crippen LogP contribution in [0.25, 0.3) is 11.3 Å². The number of aliphatic hydroxyl groups excluding tert-OH is 1. The molecule has 3 N–H and O–H groups in total. The Bertz CT molecular complexity index is 774. The molecule has 2 aromatic rings. The zero-order valence-electron chi connectivity index (χ0n) is 15.8. The molecule has 7 heteroatoms. The average molecular weight is 373 g/mol. The number of piperidine rings is 1. The SMILES string of the molecule is CCC[C@@]1(C(=O)O)CN(Cc2cn[nH]c2-c2ccc(OC)cc2)CC[C@@H]1O. The van der Waals surface area contributed by atoms with Crippen LogP contribution >= 0.6 is 0 Å². The number of methoxy groups -OCH3 is 1. The predicted octanol–water partition coefficient (Wildman–Crippen LogP) is 2.52. The number of aliphatic carboxylic acids is 1. The summed E-state index contributed by atoms with van der Waals surface area (Å²) >= 11 is 0. The number of aliphatic hydroxyl groups is 1. The quantitative estimate of drug-likeness (QED) is 0.690. The first-order valence-corrected chi connectivity index (χ1v) is 9.30. The van der Waals surface area contributed by atoms with Crippen molar-refractivity contribution in [2.45, 2.75) is 38.8 Å². The number of rotatable bonds is 7. The third-order valence-electron chi connectivity index (χ3n) is 5.47. The number of nitrogens with zero attached hydrogens (tertiary/aromatic N) is 2. The minimum Gasteiger partial charge on any atom is -0.497 e. The van der Waals surface area contributed by atoms with Gasteiger partial charge in [-0.15, -0.1) is 0 Å². The van der Waals surface area contributed by atoms with Crippen molar-refractivity contribution in [3.05, 3.63) is 36.0 Å². The largest absolute Gasteiger partial charge is 0.497 e. The highest BCUT2D eigenvalue weighted by molar-refractivity contribution is 5.76. The first kappa shape index (κ1) is 19.4. The van der Waals surface area contributed by atoms with Gasteiger partial charge >= 0.3 is 5.97 Å². The zero-order chi connectivity index (χ0) is 19.4. The summed E-state index contributed by atoms with van der Waals surface area (Å²) in [5, 5.41) is 27.4. The number of benzene rings is 1. The summed E-state index contributed by atoms with van der Waals surface area (Å²) in [7, 11) is 1.63. The zero-order valence-corrected chi connectivity index (χ0v) is 15.8. The van der Waals surface area contributed by atoms with Gasteiger partial charge in [-0.3, -0.25) is 14.8 Å². The topological polar surface area (TPSA) is 98.7 Å². The van der Waals surface area contributed by atoms with Gasteiger partial charge in [-0.2, -0.15) is 5.10 Å². The third kappa shape index (κ3) is 3.84. The molecule has 0 aliphatic carbocycles. The Morgan fingerprint density at radius 2 is 2.15 bits per heavy atom. The lowest BCUT2D eigenvalue weighted by Crippen LogP contribution is -2.55. The van der Waals surface area contributed by atoms with Crippen LogP contribution in [0.3, 0.4) is 0 Å². The van der Waals surface area contributed by atoms with Gasteiger partial charge in [0, 0.05) is 30.8 Å². The second-order valence-electron chi connectivity index (χ2n) is 7.23. The van der Waals surface area contributed by atoms with Crippen molar-refractivity contribution in [1.82, 2.24) is 15.1 Å². The molecule has 1 aliphatic rings. The summed E-state index contributed by atoms with van der Waals surface area (Å²) in [6.07, 6.45) is 2.63. The van der Waals surface area contributed by atoms with Gasteiger partial charge < -0.3 is 14.9 Å². The van der Waals surface area contributed by atoms with Gasteiger partial charge in [0.25, 0.3) is 0 Å². The average Bonchev–Trinajstić information content (AvgIpc) is 3.12. The Hall–Kier alpha value is -2.38. The summed E-state index contributed by atoms with van der Waals surface area (Å²) in [6.45, 7) is 3.54. The number of hydrogen-bond acceptors (Lipinski definition) is 5. The lowest BCUT2D eigenvalue weighted by Gasteiger charge is -2.43. The molecule has 1 aliphatic heterocycles. The number of H-pyrrole nitrogens is 1. The Morgan fingerprint density at radius 3 is 2.78 bits per heavy atom. The Kier molecular flexibility index (Phi) is 5.82. The molecule has 1 fully saturated rings. The van der Waals surface area contributed by atoms with Gasteiger partial charge in [-0.05, 0) is 37.1 Å². The maximum atomic E-state index is 12.0. The van der Waals surface area contributed by atoms with Crippen molar-refractivity contribution in [3.8, 4) is 17.0 Å². The highest BCUT2D eigenvalue weighted by Gasteiger charge is 2.48. The van der Waals surface area contributed by atoms with Crippen LogP contribution < -0.4 is 4.74 Å². The molecule has 7 nitrogen and oxygen atoms in total. The summed E-state index contributed by atoms with van der Waals surface area (Å²) in [6, 6.07) is 7.73. The van der Waals surface area contributed by atoms with Crippen LogP contribution in [0.4, 0.5) is 0 Å². The number of carbonyl (C=O) groups is 1. The van der Waals surface area contributed by atoms with Crippen LogP contribution in [0.5, 0.6) is 5.75 Å². The number of nitrogens with one attached hydrogen (secondary N) is 1. The molecule has 2 heterocycles. The van der Waals surface area contributed by atoms with E-state index >= 15 is 0 Å². The van der Waals surface area contributed by atoms with Gasteiger partial charge in [-0.25, -0.2) is 0 Å². The van der Waals surface area contributed by atoms with E-state index < -0.39 is 17.5 Å². The van der Waals surface area contributed by atoms with Crippen LogP contribution in [0.2, 0.25) is 0 Å².